The molecule has 3 rings (SSSR count). The molecule has 0 heterocycles. The van der Waals surface area contributed by atoms with Crippen LogP contribution in [0.1, 0.15) is 96.1 Å². The largest absolute Gasteiger partial charge is 0.299 e. The zero-order valence-corrected chi connectivity index (χ0v) is 20.7. The van der Waals surface area contributed by atoms with Crippen LogP contribution < -0.4 is 0 Å². The predicted octanol–water partition coefficient (Wildman–Crippen LogP) is 7.74. The van der Waals surface area contributed by atoms with Crippen molar-refractivity contribution < 1.29 is 9.59 Å². The van der Waals surface area contributed by atoms with Crippen LogP contribution in [0.15, 0.2) is 47.1 Å². The molecule has 1 saturated carbocycles. The first-order valence-electron chi connectivity index (χ1n) is 13.0. The second-order valence-electron chi connectivity index (χ2n) is 10.1. The van der Waals surface area contributed by atoms with E-state index in [-0.39, 0.29) is 17.5 Å². The Labute approximate surface area is 195 Å². The van der Waals surface area contributed by atoms with Crippen molar-refractivity contribution in [2.45, 2.75) is 98.3 Å². The normalized spacial score (nSPS) is 20.4. The summed E-state index contributed by atoms with van der Waals surface area (Å²) in [6.45, 7) is 7.89. The lowest BCUT2D eigenvalue weighted by Crippen LogP contribution is -2.31. The minimum absolute atomic E-state index is 0.0147. The Kier molecular flexibility index (Phi) is 9.08. The molecule has 1 fully saturated rings. The van der Waals surface area contributed by atoms with Crippen molar-refractivity contribution in [1.29, 1.82) is 0 Å². The molecule has 2 unspecified atom stereocenters. The number of allylic oxidation sites excluding steroid dienone is 4. The number of Topliss-reactive ketones (excluding diaryl/α,β-unsaturated/α-hetero) is 2. The van der Waals surface area contributed by atoms with Crippen LogP contribution in [-0.2, 0) is 16.0 Å². The molecule has 2 aliphatic carbocycles. The summed E-state index contributed by atoms with van der Waals surface area (Å²) in [7, 11) is 0. The van der Waals surface area contributed by atoms with Gasteiger partial charge in [0.15, 0.2) is 5.78 Å². The highest BCUT2D eigenvalue weighted by Gasteiger charge is 2.35. The van der Waals surface area contributed by atoms with E-state index >= 15 is 0 Å². The molecule has 0 spiro atoms. The van der Waals surface area contributed by atoms with E-state index in [2.05, 4.69) is 44.2 Å². The summed E-state index contributed by atoms with van der Waals surface area (Å²) in [5.41, 5.74) is 6.30. The van der Waals surface area contributed by atoms with Gasteiger partial charge >= 0.3 is 0 Å². The van der Waals surface area contributed by atoms with E-state index in [0.717, 1.165) is 50.0 Å². The third-order valence-electron chi connectivity index (χ3n) is 7.66. The topological polar surface area (TPSA) is 34.1 Å². The minimum atomic E-state index is -0.493. The molecule has 0 N–H and O–H groups in total. The van der Waals surface area contributed by atoms with Crippen LogP contribution in [0, 0.1) is 24.7 Å². The average molecular weight is 435 g/mol. The Hall–Kier alpha value is -1.96. The fourth-order valence-corrected chi connectivity index (χ4v) is 5.72. The summed E-state index contributed by atoms with van der Waals surface area (Å²) in [6.07, 6.45) is 14.4. The molecular weight excluding hydrogens is 392 g/mol. The van der Waals surface area contributed by atoms with Crippen LogP contribution in [0.5, 0.6) is 0 Å². The van der Waals surface area contributed by atoms with E-state index < -0.39 is 5.92 Å². The summed E-state index contributed by atoms with van der Waals surface area (Å²) in [4.78, 5) is 26.3. The Morgan fingerprint density at radius 3 is 2.31 bits per heavy atom. The molecule has 1 aromatic carbocycles. The molecule has 0 bridgehead atoms. The Morgan fingerprint density at radius 2 is 1.72 bits per heavy atom. The minimum Gasteiger partial charge on any atom is -0.299 e. The molecule has 0 aliphatic heterocycles. The van der Waals surface area contributed by atoms with Gasteiger partial charge in [-0.15, -0.1) is 0 Å². The van der Waals surface area contributed by atoms with Crippen molar-refractivity contribution in [3.8, 4) is 0 Å². The van der Waals surface area contributed by atoms with E-state index in [4.69, 9.17) is 0 Å². The zero-order valence-electron chi connectivity index (χ0n) is 20.7. The quantitative estimate of drug-likeness (QED) is 0.264. The molecule has 1 aromatic rings. The lowest BCUT2D eigenvalue weighted by Gasteiger charge is -2.32. The first-order chi connectivity index (χ1) is 15.4. The maximum atomic E-state index is 13.9. The molecule has 32 heavy (non-hydrogen) atoms. The predicted molar refractivity (Wildman–Crippen MR) is 134 cm³/mol. The van der Waals surface area contributed by atoms with Crippen molar-refractivity contribution in [2.75, 3.05) is 0 Å². The second-order valence-corrected chi connectivity index (χ2v) is 10.1. The van der Waals surface area contributed by atoms with Crippen LogP contribution in [0.3, 0.4) is 0 Å². The van der Waals surface area contributed by atoms with Crippen molar-refractivity contribution in [1.82, 2.24) is 0 Å². The molecular formula is C30H42O2. The fraction of sp³-hybridized carbons (Fsp3) is 0.600. The van der Waals surface area contributed by atoms with Gasteiger partial charge < -0.3 is 0 Å². The monoisotopic (exact) mass is 434 g/mol. The van der Waals surface area contributed by atoms with Crippen LogP contribution in [0.25, 0.3) is 0 Å². The number of rotatable bonds is 11. The Morgan fingerprint density at radius 1 is 1.03 bits per heavy atom. The Bertz CT molecular complexity index is 849. The summed E-state index contributed by atoms with van der Waals surface area (Å²) in [5.74, 6) is 0.513. The lowest BCUT2D eigenvalue weighted by molar-refractivity contribution is -0.129. The van der Waals surface area contributed by atoms with E-state index in [1.165, 1.54) is 48.0 Å². The van der Waals surface area contributed by atoms with E-state index in [9.17, 15) is 9.59 Å². The molecule has 0 aromatic heterocycles. The van der Waals surface area contributed by atoms with Gasteiger partial charge in [-0.2, -0.15) is 0 Å². The first-order valence-corrected chi connectivity index (χ1v) is 13.0. The molecule has 2 atom stereocenters. The SMILES string of the molecule is CCCCC1=C(C(=O)C(CC)C(C)=O)C(Cc2ccc(C)cc2)C(CC2CCCC2)=CC1. The van der Waals surface area contributed by atoms with Gasteiger partial charge in [0.05, 0.1) is 5.92 Å². The van der Waals surface area contributed by atoms with Crippen LogP contribution in [0.4, 0.5) is 0 Å². The third kappa shape index (κ3) is 6.09. The van der Waals surface area contributed by atoms with Gasteiger partial charge in [-0.1, -0.05) is 93.0 Å². The van der Waals surface area contributed by atoms with Gasteiger partial charge in [0, 0.05) is 11.5 Å². The van der Waals surface area contributed by atoms with E-state index in [0.29, 0.717) is 6.42 Å². The lowest BCUT2D eigenvalue weighted by atomic mass is 9.71. The molecule has 0 amide bonds. The second kappa shape index (κ2) is 11.8. The highest BCUT2D eigenvalue weighted by Crippen LogP contribution is 2.42. The molecule has 0 radical (unpaired) electrons. The average Bonchev–Trinajstić information content (AvgIpc) is 3.28. The first kappa shape index (κ1) is 24.7. The van der Waals surface area contributed by atoms with Crippen LogP contribution >= 0.6 is 0 Å². The summed E-state index contributed by atoms with van der Waals surface area (Å²) in [6, 6.07) is 8.78. The van der Waals surface area contributed by atoms with Gasteiger partial charge in [0.25, 0.3) is 0 Å². The van der Waals surface area contributed by atoms with Gasteiger partial charge in [-0.25, -0.2) is 0 Å². The number of carbonyl (C=O) groups is 2. The van der Waals surface area contributed by atoms with Gasteiger partial charge in [0.1, 0.15) is 5.78 Å². The highest BCUT2D eigenvalue weighted by atomic mass is 16.1. The number of benzene rings is 1. The summed E-state index contributed by atoms with van der Waals surface area (Å²) < 4.78 is 0. The van der Waals surface area contributed by atoms with Crippen molar-refractivity contribution in [2.24, 2.45) is 17.8 Å². The Balaban J connectivity index is 2.01. The third-order valence-corrected chi connectivity index (χ3v) is 7.66. The number of hydrogen-bond acceptors (Lipinski definition) is 2. The van der Waals surface area contributed by atoms with Crippen LogP contribution in [-0.4, -0.2) is 11.6 Å². The van der Waals surface area contributed by atoms with Crippen molar-refractivity contribution >= 4 is 11.6 Å². The van der Waals surface area contributed by atoms with Gasteiger partial charge in [0.2, 0.25) is 0 Å². The highest BCUT2D eigenvalue weighted by molar-refractivity contribution is 6.10. The van der Waals surface area contributed by atoms with Gasteiger partial charge in [-0.3, -0.25) is 9.59 Å². The molecule has 0 saturated heterocycles. The maximum absolute atomic E-state index is 13.9. The molecule has 2 aliphatic rings. The fourth-order valence-electron chi connectivity index (χ4n) is 5.72. The zero-order chi connectivity index (χ0) is 23.1. The summed E-state index contributed by atoms with van der Waals surface area (Å²) in [5, 5.41) is 0. The number of aryl methyl sites for hydroxylation is 1. The number of ketones is 2. The standard InChI is InChI=1S/C30H42O2/c1-5-7-12-25-17-18-26(19-23-10-8-9-11-23)28(20-24-15-13-21(3)14-16-24)29(25)30(32)27(6-2)22(4)31/h13-16,18,23,27-28H,5-12,17,19-20H2,1-4H3. The maximum Gasteiger partial charge on any atom is 0.169 e. The van der Waals surface area contributed by atoms with Crippen LogP contribution in [0.2, 0.25) is 0 Å². The van der Waals surface area contributed by atoms with Crippen molar-refractivity contribution in [3.63, 3.8) is 0 Å². The van der Waals surface area contributed by atoms with E-state index in [1.54, 1.807) is 6.92 Å². The smallest absolute Gasteiger partial charge is 0.169 e. The molecule has 2 heteroatoms. The summed E-state index contributed by atoms with van der Waals surface area (Å²) >= 11 is 0. The number of unbranched alkanes of at least 4 members (excludes halogenated alkanes) is 1. The van der Waals surface area contributed by atoms with Gasteiger partial charge in [-0.05, 0) is 63.9 Å². The number of carbonyl (C=O) groups excluding carboxylic acids is 2. The molecule has 174 valence electrons. The molecule has 2 nitrogen and oxygen atoms in total. The number of hydrogen-bond donors (Lipinski definition) is 0. The van der Waals surface area contributed by atoms with Crippen molar-refractivity contribution in [3.05, 3.63) is 58.2 Å². The van der Waals surface area contributed by atoms with E-state index in [1.807, 2.05) is 6.92 Å².